The number of anilines is 4. The number of ether oxygens (including phenoxy) is 1. The van der Waals surface area contributed by atoms with Gasteiger partial charge in [-0.1, -0.05) is 0 Å². The van der Waals surface area contributed by atoms with Gasteiger partial charge in [0.1, 0.15) is 17.8 Å². The number of morpholine rings is 1. The van der Waals surface area contributed by atoms with Crippen LogP contribution in [0.15, 0.2) is 24.5 Å². The van der Waals surface area contributed by atoms with E-state index in [9.17, 15) is 14.6 Å². The van der Waals surface area contributed by atoms with Crippen LogP contribution in [0.5, 0.6) is 0 Å². The molecule has 3 aromatic rings. The number of pyridine rings is 1. The SMILES string of the molecule is CC(C)n1nc(N2CCO[C@@H](CO)C2)c2cnc(Nc3ccnc(N4CCC(O)C(F)C4)n3)cc21. The standard InChI is InChI=1S/C23H31FN8O3/c1-14(2)32-18-9-21(26-10-16(18)22(29-32)30-7-8-35-15(11-30)13-33)27-20-3-5-25-23(28-20)31-6-4-19(34)17(24)12-31/h3,5,9-10,14-15,17,19,33-34H,4,6-8,11-13H2,1-2H3,(H,25,26,27,28)/t15-,17?,19?/m1/s1. The fourth-order valence-corrected chi connectivity index (χ4v) is 4.51. The van der Waals surface area contributed by atoms with Crippen molar-refractivity contribution in [1.82, 2.24) is 24.7 Å². The molecule has 3 atom stereocenters. The van der Waals surface area contributed by atoms with E-state index in [2.05, 4.69) is 39.0 Å². The van der Waals surface area contributed by atoms with Crippen molar-refractivity contribution in [2.45, 2.75) is 44.7 Å². The highest BCUT2D eigenvalue weighted by atomic mass is 19.1. The fraction of sp³-hybridized carbons (Fsp3) is 0.565. The minimum atomic E-state index is -1.32. The Bertz CT molecular complexity index is 1170. The Hall–Kier alpha value is -3.09. The number of hydrogen-bond donors (Lipinski definition) is 3. The molecule has 2 fully saturated rings. The maximum Gasteiger partial charge on any atom is 0.227 e. The van der Waals surface area contributed by atoms with E-state index in [1.54, 1.807) is 23.4 Å². The molecule has 0 saturated carbocycles. The topological polar surface area (TPSA) is 125 Å². The summed E-state index contributed by atoms with van der Waals surface area (Å²) in [5.41, 5.74) is 0.930. The molecule has 0 amide bonds. The number of aliphatic hydroxyl groups excluding tert-OH is 2. The Morgan fingerprint density at radius 1 is 1.20 bits per heavy atom. The number of aliphatic hydroxyl groups is 2. The van der Waals surface area contributed by atoms with Crippen molar-refractivity contribution in [3.8, 4) is 0 Å². The molecule has 0 radical (unpaired) electrons. The van der Waals surface area contributed by atoms with E-state index in [1.807, 2.05) is 10.7 Å². The van der Waals surface area contributed by atoms with Gasteiger partial charge >= 0.3 is 0 Å². The van der Waals surface area contributed by atoms with Gasteiger partial charge in [0.2, 0.25) is 5.95 Å². The van der Waals surface area contributed by atoms with Crippen LogP contribution in [0.4, 0.5) is 27.8 Å². The van der Waals surface area contributed by atoms with Crippen LogP contribution in [0, 0.1) is 0 Å². The van der Waals surface area contributed by atoms with Gasteiger partial charge in [0.15, 0.2) is 5.82 Å². The zero-order chi connectivity index (χ0) is 24.5. The lowest BCUT2D eigenvalue weighted by Gasteiger charge is -2.32. The number of nitrogens with one attached hydrogen (secondary N) is 1. The van der Waals surface area contributed by atoms with Gasteiger partial charge in [0.05, 0.1) is 42.9 Å². The Kier molecular flexibility index (Phi) is 6.67. The number of halogens is 1. The Morgan fingerprint density at radius 2 is 2.06 bits per heavy atom. The summed E-state index contributed by atoms with van der Waals surface area (Å²) in [6, 6.07) is 3.80. The molecule has 3 aromatic heterocycles. The van der Waals surface area contributed by atoms with Gasteiger partial charge in [-0.2, -0.15) is 10.1 Å². The molecule has 2 aliphatic heterocycles. The van der Waals surface area contributed by atoms with Crippen LogP contribution in [0.25, 0.3) is 10.9 Å². The highest BCUT2D eigenvalue weighted by Crippen LogP contribution is 2.31. The molecule has 12 heteroatoms. The van der Waals surface area contributed by atoms with Crippen LogP contribution >= 0.6 is 0 Å². The average molecular weight is 487 g/mol. The van der Waals surface area contributed by atoms with E-state index in [-0.39, 0.29) is 25.3 Å². The lowest BCUT2D eigenvalue weighted by atomic mass is 10.1. The fourth-order valence-electron chi connectivity index (χ4n) is 4.51. The average Bonchev–Trinajstić information content (AvgIpc) is 3.25. The predicted molar refractivity (Wildman–Crippen MR) is 130 cm³/mol. The van der Waals surface area contributed by atoms with Gasteiger partial charge in [-0.25, -0.2) is 14.4 Å². The third kappa shape index (κ3) is 4.86. The minimum Gasteiger partial charge on any atom is -0.394 e. The van der Waals surface area contributed by atoms with Crippen molar-refractivity contribution < 1.29 is 19.3 Å². The third-order valence-electron chi connectivity index (χ3n) is 6.39. The van der Waals surface area contributed by atoms with E-state index >= 15 is 0 Å². The maximum atomic E-state index is 14.0. The van der Waals surface area contributed by atoms with Gasteiger partial charge in [0.25, 0.3) is 0 Å². The first-order valence-electron chi connectivity index (χ1n) is 12.0. The first-order chi connectivity index (χ1) is 16.9. The number of hydrogen-bond acceptors (Lipinski definition) is 10. The van der Waals surface area contributed by atoms with E-state index in [1.165, 1.54) is 0 Å². The molecule has 2 aliphatic rings. The first-order valence-corrected chi connectivity index (χ1v) is 12.0. The van der Waals surface area contributed by atoms with Crippen molar-refractivity contribution in [3.63, 3.8) is 0 Å². The zero-order valence-electron chi connectivity index (χ0n) is 19.9. The third-order valence-corrected chi connectivity index (χ3v) is 6.39. The summed E-state index contributed by atoms with van der Waals surface area (Å²) in [6.07, 6.45) is 1.26. The van der Waals surface area contributed by atoms with Crippen LogP contribution in [0.3, 0.4) is 0 Å². The van der Waals surface area contributed by atoms with Crippen LogP contribution in [-0.2, 0) is 4.74 Å². The molecule has 35 heavy (non-hydrogen) atoms. The van der Waals surface area contributed by atoms with E-state index in [4.69, 9.17) is 9.84 Å². The molecule has 0 aliphatic carbocycles. The number of fused-ring (bicyclic) bond motifs is 1. The van der Waals surface area contributed by atoms with Gasteiger partial charge in [0, 0.05) is 44.1 Å². The molecule has 0 aromatic carbocycles. The van der Waals surface area contributed by atoms with Crippen molar-refractivity contribution in [2.24, 2.45) is 0 Å². The van der Waals surface area contributed by atoms with Gasteiger partial charge in [-0.3, -0.25) is 4.68 Å². The first kappa shape index (κ1) is 23.6. The summed E-state index contributed by atoms with van der Waals surface area (Å²) in [5.74, 6) is 2.37. The number of rotatable bonds is 6. The summed E-state index contributed by atoms with van der Waals surface area (Å²) in [4.78, 5) is 17.3. The normalized spacial score (nSPS) is 23.3. The van der Waals surface area contributed by atoms with Crippen LogP contribution in [0.2, 0.25) is 0 Å². The lowest BCUT2D eigenvalue weighted by molar-refractivity contribution is 0.00339. The molecule has 11 nitrogen and oxygen atoms in total. The summed E-state index contributed by atoms with van der Waals surface area (Å²) in [7, 11) is 0. The van der Waals surface area contributed by atoms with Crippen molar-refractivity contribution >= 4 is 34.3 Å². The van der Waals surface area contributed by atoms with Crippen LogP contribution in [0.1, 0.15) is 26.3 Å². The molecular formula is C23H31FN8O3. The highest BCUT2D eigenvalue weighted by molar-refractivity contribution is 5.92. The predicted octanol–water partition coefficient (Wildman–Crippen LogP) is 1.65. The molecule has 3 N–H and O–H groups in total. The van der Waals surface area contributed by atoms with E-state index < -0.39 is 12.3 Å². The van der Waals surface area contributed by atoms with Crippen LogP contribution < -0.4 is 15.1 Å². The second-order valence-corrected chi connectivity index (χ2v) is 9.25. The summed E-state index contributed by atoms with van der Waals surface area (Å²) >= 11 is 0. The molecule has 0 bridgehead atoms. The molecule has 2 unspecified atom stereocenters. The highest BCUT2D eigenvalue weighted by Gasteiger charge is 2.29. The number of aromatic nitrogens is 5. The molecule has 5 rings (SSSR count). The van der Waals surface area contributed by atoms with E-state index in [0.29, 0.717) is 50.2 Å². The quantitative estimate of drug-likeness (QED) is 0.474. The van der Waals surface area contributed by atoms with E-state index in [0.717, 1.165) is 16.7 Å². The Morgan fingerprint density at radius 3 is 2.83 bits per heavy atom. The van der Waals surface area contributed by atoms with Crippen molar-refractivity contribution in [3.05, 3.63) is 24.5 Å². The van der Waals surface area contributed by atoms with Gasteiger partial charge < -0.3 is 30.1 Å². The number of nitrogens with zero attached hydrogens (tertiary/aromatic N) is 7. The molecule has 2 saturated heterocycles. The lowest BCUT2D eigenvalue weighted by Crippen LogP contribution is -2.45. The number of piperidine rings is 1. The van der Waals surface area contributed by atoms with Crippen molar-refractivity contribution in [2.75, 3.05) is 54.5 Å². The van der Waals surface area contributed by atoms with Gasteiger partial charge in [-0.15, -0.1) is 0 Å². The van der Waals surface area contributed by atoms with Gasteiger partial charge in [-0.05, 0) is 26.3 Å². The second kappa shape index (κ2) is 9.88. The monoisotopic (exact) mass is 486 g/mol. The Balaban J connectivity index is 1.41. The molecular weight excluding hydrogens is 455 g/mol. The smallest absolute Gasteiger partial charge is 0.227 e. The molecule has 188 valence electrons. The Labute approximate surface area is 202 Å². The summed E-state index contributed by atoms with van der Waals surface area (Å²) in [6.45, 7) is 6.46. The van der Waals surface area contributed by atoms with Crippen LogP contribution in [-0.4, -0.2) is 92.7 Å². The largest absolute Gasteiger partial charge is 0.394 e. The van der Waals surface area contributed by atoms with Crippen molar-refractivity contribution in [1.29, 1.82) is 0 Å². The second-order valence-electron chi connectivity index (χ2n) is 9.25. The maximum absolute atomic E-state index is 14.0. The molecule has 5 heterocycles. The molecule has 0 spiro atoms. The summed E-state index contributed by atoms with van der Waals surface area (Å²) < 4.78 is 21.5. The zero-order valence-corrected chi connectivity index (χ0v) is 19.9. The summed E-state index contributed by atoms with van der Waals surface area (Å²) in [5, 5.41) is 28.2. The number of alkyl halides is 1. The minimum absolute atomic E-state index is 0.0312.